The quantitative estimate of drug-likeness (QED) is 0.252. The van der Waals surface area contributed by atoms with Crippen LogP contribution in [0.4, 0.5) is 0 Å². The first-order valence-corrected chi connectivity index (χ1v) is 14.6. The number of carbonyl (C=O) groups is 2. The molecule has 0 saturated heterocycles. The summed E-state index contributed by atoms with van der Waals surface area (Å²) in [6.45, 7) is 6.24. The Bertz CT molecular complexity index is 1290. The van der Waals surface area contributed by atoms with Gasteiger partial charge >= 0.3 is 5.97 Å². The fraction of sp³-hybridized carbons (Fsp3) is 0.379. The number of nitrogens with one attached hydrogen (secondary N) is 1. The molecule has 2 N–H and O–H groups in total. The third-order valence-corrected chi connectivity index (χ3v) is 8.14. The van der Waals surface area contributed by atoms with Crippen molar-refractivity contribution in [2.24, 2.45) is 0 Å². The lowest BCUT2D eigenvalue weighted by Gasteiger charge is -2.37. The molecule has 0 spiro atoms. The molecule has 6 nitrogen and oxygen atoms in total. The molecule has 38 heavy (non-hydrogen) atoms. The normalized spacial score (nSPS) is 19.2. The third kappa shape index (κ3) is 6.00. The highest BCUT2D eigenvalue weighted by Gasteiger charge is 2.42. The van der Waals surface area contributed by atoms with Gasteiger partial charge in [-0.1, -0.05) is 42.3 Å². The van der Waals surface area contributed by atoms with Crippen LogP contribution >= 0.6 is 35.0 Å². The van der Waals surface area contributed by atoms with E-state index in [1.165, 1.54) is 0 Å². The number of ether oxygens (including phenoxy) is 2. The SMILES string of the molecule is CCOc1cc(C2C(C(=O)OCCSCC)=C(C)NC3=C2C(=O)CC(c2ccc(Cl)cc2)C3)cc(Cl)c1O. The number of Topliss-reactive ketones (excluding diaryl/α,β-unsaturated/α-hetero) is 1. The molecule has 0 saturated carbocycles. The van der Waals surface area contributed by atoms with Crippen molar-refractivity contribution in [1.82, 2.24) is 5.32 Å². The van der Waals surface area contributed by atoms with Crippen LogP contribution < -0.4 is 10.1 Å². The number of esters is 1. The fourth-order valence-electron chi connectivity index (χ4n) is 5.05. The molecule has 2 atom stereocenters. The van der Waals surface area contributed by atoms with E-state index in [9.17, 15) is 14.7 Å². The van der Waals surface area contributed by atoms with Gasteiger partial charge in [0.15, 0.2) is 17.3 Å². The molecular weight excluding hydrogens is 545 g/mol. The molecule has 1 aliphatic heterocycles. The minimum Gasteiger partial charge on any atom is -0.503 e. The van der Waals surface area contributed by atoms with E-state index < -0.39 is 11.9 Å². The van der Waals surface area contributed by atoms with Crippen LogP contribution in [0.15, 0.2) is 58.9 Å². The number of thioether (sulfide) groups is 1. The van der Waals surface area contributed by atoms with Gasteiger partial charge in [0.25, 0.3) is 0 Å². The average Bonchev–Trinajstić information content (AvgIpc) is 2.88. The number of halogens is 2. The molecule has 0 amide bonds. The van der Waals surface area contributed by atoms with Crippen LogP contribution in [0.25, 0.3) is 0 Å². The molecule has 2 aromatic carbocycles. The summed E-state index contributed by atoms with van der Waals surface area (Å²) in [7, 11) is 0. The van der Waals surface area contributed by atoms with Crippen LogP contribution in [0.2, 0.25) is 10.0 Å². The first-order chi connectivity index (χ1) is 18.2. The van der Waals surface area contributed by atoms with Crippen molar-refractivity contribution in [3.05, 3.63) is 80.1 Å². The van der Waals surface area contributed by atoms with E-state index >= 15 is 0 Å². The second-order valence-electron chi connectivity index (χ2n) is 9.18. The second-order valence-corrected chi connectivity index (χ2v) is 11.4. The Morgan fingerprint density at radius 1 is 1.13 bits per heavy atom. The number of aromatic hydroxyl groups is 1. The summed E-state index contributed by atoms with van der Waals surface area (Å²) in [5.41, 5.74) is 3.86. The monoisotopic (exact) mass is 575 g/mol. The highest BCUT2D eigenvalue weighted by molar-refractivity contribution is 7.99. The number of hydrogen-bond donors (Lipinski definition) is 2. The van der Waals surface area contributed by atoms with Crippen molar-refractivity contribution in [2.75, 3.05) is 24.7 Å². The molecule has 0 fully saturated rings. The van der Waals surface area contributed by atoms with Gasteiger partial charge in [0.05, 0.1) is 17.2 Å². The van der Waals surface area contributed by atoms with Crippen molar-refractivity contribution < 1.29 is 24.2 Å². The number of rotatable bonds is 9. The van der Waals surface area contributed by atoms with Crippen LogP contribution in [0.1, 0.15) is 56.6 Å². The summed E-state index contributed by atoms with van der Waals surface area (Å²) < 4.78 is 11.3. The number of benzene rings is 2. The summed E-state index contributed by atoms with van der Waals surface area (Å²) in [6.07, 6.45) is 0.882. The minimum atomic E-state index is -0.714. The number of carbonyl (C=O) groups excluding carboxylic acids is 2. The predicted molar refractivity (Wildman–Crippen MR) is 152 cm³/mol. The molecule has 0 bridgehead atoms. The molecule has 0 radical (unpaired) electrons. The molecule has 2 unspecified atom stereocenters. The number of hydrogen-bond acceptors (Lipinski definition) is 7. The Morgan fingerprint density at radius 2 is 1.87 bits per heavy atom. The molecule has 2 aliphatic rings. The van der Waals surface area contributed by atoms with E-state index in [1.54, 1.807) is 30.8 Å². The first-order valence-electron chi connectivity index (χ1n) is 12.6. The maximum atomic E-state index is 13.8. The lowest BCUT2D eigenvalue weighted by atomic mass is 9.71. The molecular formula is C29H31Cl2NO5S. The van der Waals surface area contributed by atoms with Crippen molar-refractivity contribution in [2.45, 2.75) is 45.4 Å². The summed E-state index contributed by atoms with van der Waals surface area (Å²) in [6, 6.07) is 10.8. The highest BCUT2D eigenvalue weighted by atomic mass is 35.5. The smallest absolute Gasteiger partial charge is 0.336 e. The van der Waals surface area contributed by atoms with Gasteiger partial charge in [-0.25, -0.2) is 4.79 Å². The Labute approximate surface area is 237 Å². The maximum absolute atomic E-state index is 13.8. The van der Waals surface area contributed by atoms with E-state index in [0.717, 1.165) is 17.0 Å². The van der Waals surface area contributed by atoms with E-state index in [0.29, 0.717) is 46.2 Å². The molecule has 1 heterocycles. The third-order valence-electron chi connectivity index (χ3n) is 6.74. The van der Waals surface area contributed by atoms with Gasteiger partial charge in [-0.2, -0.15) is 11.8 Å². The maximum Gasteiger partial charge on any atom is 0.336 e. The average molecular weight is 577 g/mol. The van der Waals surface area contributed by atoms with Crippen molar-refractivity contribution in [3.8, 4) is 11.5 Å². The van der Waals surface area contributed by atoms with E-state index in [4.69, 9.17) is 32.7 Å². The van der Waals surface area contributed by atoms with Crippen molar-refractivity contribution in [3.63, 3.8) is 0 Å². The van der Waals surface area contributed by atoms with Gasteiger partial charge in [-0.05, 0) is 67.3 Å². The summed E-state index contributed by atoms with van der Waals surface area (Å²) in [5.74, 6) is 0.331. The Kier molecular flexibility index (Phi) is 9.34. The Balaban J connectivity index is 1.78. The van der Waals surface area contributed by atoms with Crippen LogP contribution in [0, 0.1) is 0 Å². The van der Waals surface area contributed by atoms with Gasteiger partial charge in [-0.15, -0.1) is 0 Å². The summed E-state index contributed by atoms with van der Waals surface area (Å²) in [4.78, 5) is 27.2. The van der Waals surface area contributed by atoms with E-state index in [1.807, 2.05) is 38.1 Å². The Hall–Kier alpha value is -2.61. The zero-order chi connectivity index (χ0) is 27.4. The van der Waals surface area contributed by atoms with Crippen LogP contribution in [-0.4, -0.2) is 41.6 Å². The number of dihydropyridines is 1. The zero-order valence-electron chi connectivity index (χ0n) is 21.6. The van der Waals surface area contributed by atoms with Crippen molar-refractivity contribution >= 4 is 46.7 Å². The first kappa shape index (κ1) is 28.4. The number of phenols is 1. The van der Waals surface area contributed by atoms with Crippen LogP contribution in [-0.2, 0) is 14.3 Å². The van der Waals surface area contributed by atoms with Gasteiger partial charge < -0.3 is 19.9 Å². The molecule has 4 rings (SSSR count). The minimum absolute atomic E-state index is 0.0265. The van der Waals surface area contributed by atoms with Crippen LogP contribution in [0.5, 0.6) is 11.5 Å². The largest absolute Gasteiger partial charge is 0.503 e. The number of ketones is 1. The second kappa shape index (κ2) is 12.5. The zero-order valence-corrected chi connectivity index (χ0v) is 23.9. The van der Waals surface area contributed by atoms with Gasteiger partial charge in [0.1, 0.15) is 6.61 Å². The Morgan fingerprint density at radius 3 is 2.55 bits per heavy atom. The highest BCUT2D eigenvalue weighted by Crippen LogP contribution is 2.48. The number of phenolic OH excluding ortho intramolecular Hbond substituents is 1. The summed E-state index contributed by atoms with van der Waals surface area (Å²) >= 11 is 14.1. The van der Waals surface area contributed by atoms with Crippen LogP contribution in [0.3, 0.4) is 0 Å². The van der Waals surface area contributed by atoms with E-state index in [2.05, 4.69) is 5.32 Å². The molecule has 9 heteroatoms. The fourth-order valence-corrected chi connectivity index (χ4v) is 5.89. The molecule has 0 aromatic heterocycles. The molecule has 2 aromatic rings. The molecule has 202 valence electrons. The van der Waals surface area contributed by atoms with Gasteiger partial charge in [0, 0.05) is 40.1 Å². The standard InChI is InChI=1S/C29H31Cl2NO5S/c1-4-36-24-15-19(12-21(31)28(24)34)26-25(29(35)37-10-11-38-5-2)16(3)32-22-13-18(14-23(33)27(22)26)17-6-8-20(30)9-7-17/h6-9,12,15,18,26,32,34H,4-5,10-11,13-14H2,1-3H3. The van der Waals surface area contributed by atoms with E-state index in [-0.39, 0.29) is 41.3 Å². The summed E-state index contributed by atoms with van der Waals surface area (Å²) in [5, 5.41) is 14.5. The van der Waals surface area contributed by atoms with Gasteiger partial charge in [-0.3, -0.25) is 4.79 Å². The predicted octanol–water partition coefficient (Wildman–Crippen LogP) is 6.76. The topological polar surface area (TPSA) is 84.9 Å². The van der Waals surface area contributed by atoms with Gasteiger partial charge in [0.2, 0.25) is 0 Å². The lowest BCUT2D eigenvalue weighted by molar-refractivity contribution is -0.138. The van der Waals surface area contributed by atoms with Crippen molar-refractivity contribution in [1.29, 1.82) is 0 Å². The lowest BCUT2D eigenvalue weighted by Crippen LogP contribution is -2.36. The number of allylic oxidation sites excluding steroid dienone is 3. The molecule has 1 aliphatic carbocycles.